The highest BCUT2D eigenvalue weighted by Gasteiger charge is 2.21. The van der Waals surface area contributed by atoms with Crippen molar-refractivity contribution in [2.75, 3.05) is 20.1 Å². The fraction of sp³-hybridized carbons (Fsp3) is 0.400. The van der Waals surface area contributed by atoms with Gasteiger partial charge in [0.25, 0.3) is 5.91 Å². The molecular formula is C15H18N2O2. The highest BCUT2D eigenvalue weighted by atomic mass is 16.3. The van der Waals surface area contributed by atoms with E-state index in [1.165, 1.54) is 6.42 Å². The quantitative estimate of drug-likeness (QED) is 0.918. The van der Waals surface area contributed by atoms with Crippen LogP contribution in [0.4, 0.5) is 0 Å². The van der Waals surface area contributed by atoms with Crippen LogP contribution in [0.3, 0.4) is 0 Å². The second-order valence-electron chi connectivity index (χ2n) is 5.13. The Balaban J connectivity index is 1.74. The van der Waals surface area contributed by atoms with Crippen LogP contribution in [-0.4, -0.2) is 37.0 Å². The highest BCUT2D eigenvalue weighted by molar-refractivity contribution is 5.95. The van der Waals surface area contributed by atoms with Gasteiger partial charge in [-0.3, -0.25) is 4.79 Å². The summed E-state index contributed by atoms with van der Waals surface area (Å²) in [5.74, 6) is 0.367. The molecule has 1 saturated heterocycles. The van der Waals surface area contributed by atoms with Crippen LogP contribution in [-0.2, 0) is 0 Å². The van der Waals surface area contributed by atoms with Crippen molar-refractivity contribution >= 4 is 16.9 Å². The molecule has 0 spiro atoms. The van der Waals surface area contributed by atoms with Crippen molar-refractivity contribution in [1.82, 2.24) is 10.2 Å². The molecule has 0 bridgehead atoms. The van der Waals surface area contributed by atoms with Gasteiger partial charge >= 0.3 is 0 Å². The lowest BCUT2D eigenvalue weighted by Gasteiger charge is -2.20. The first-order valence-electron chi connectivity index (χ1n) is 6.71. The third-order valence-corrected chi connectivity index (χ3v) is 3.64. The maximum Gasteiger partial charge on any atom is 0.289 e. The van der Waals surface area contributed by atoms with E-state index in [9.17, 15) is 4.79 Å². The van der Waals surface area contributed by atoms with Gasteiger partial charge in [-0.1, -0.05) is 18.2 Å². The standard InChI is InChI=1S/C15H18N2O2/c1-17(10-12-6-4-8-16-12)15(18)14-9-11-5-2-3-7-13(11)19-14/h2-3,5,7,9,12,16H,4,6,8,10H2,1H3. The second-order valence-corrected chi connectivity index (χ2v) is 5.13. The monoisotopic (exact) mass is 258 g/mol. The van der Waals surface area contributed by atoms with Gasteiger partial charge < -0.3 is 14.6 Å². The van der Waals surface area contributed by atoms with Crippen LogP contribution < -0.4 is 5.32 Å². The third-order valence-electron chi connectivity index (χ3n) is 3.64. The van der Waals surface area contributed by atoms with E-state index in [0.717, 1.165) is 30.5 Å². The number of para-hydroxylation sites is 1. The molecule has 2 heterocycles. The maximum atomic E-state index is 12.3. The molecule has 2 aromatic rings. The number of carbonyl (C=O) groups is 1. The van der Waals surface area contributed by atoms with Crippen LogP contribution in [0.5, 0.6) is 0 Å². The lowest BCUT2D eigenvalue weighted by atomic mass is 10.2. The fourth-order valence-electron chi connectivity index (χ4n) is 2.60. The predicted molar refractivity (Wildman–Crippen MR) is 74.2 cm³/mol. The Morgan fingerprint density at radius 3 is 3.05 bits per heavy atom. The Morgan fingerprint density at radius 2 is 2.32 bits per heavy atom. The minimum atomic E-state index is -0.0510. The van der Waals surface area contributed by atoms with Gasteiger partial charge in [0.2, 0.25) is 0 Å². The van der Waals surface area contributed by atoms with Crippen LogP contribution in [0.1, 0.15) is 23.4 Å². The molecule has 0 aliphatic carbocycles. The van der Waals surface area contributed by atoms with Crippen molar-refractivity contribution in [3.63, 3.8) is 0 Å². The molecule has 1 fully saturated rings. The zero-order valence-electron chi connectivity index (χ0n) is 11.1. The Labute approximate surface area is 112 Å². The van der Waals surface area contributed by atoms with E-state index in [2.05, 4.69) is 5.32 Å². The van der Waals surface area contributed by atoms with E-state index in [-0.39, 0.29) is 5.91 Å². The summed E-state index contributed by atoms with van der Waals surface area (Å²) in [6.07, 6.45) is 2.33. The number of nitrogens with zero attached hydrogens (tertiary/aromatic N) is 1. The third kappa shape index (κ3) is 2.49. The predicted octanol–water partition coefficient (Wildman–Crippen LogP) is 2.26. The molecule has 1 aromatic carbocycles. The van der Waals surface area contributed by atoms with Gasteiger partial charge in [-0.15, -0.1) is 0 Å². The number of nitrogens with one attached hydrogen (secondary N) is 1. The first-order valence-corrected chi connectivity index (χ1v) is 6.71. The molecule has 1 N–H and O–H groups in total. The van der Waals surface area contributed by atoms with E-state index >= 15 is 0 Å². The van der Waals surface area contributed by atoms with E-state index in [4.69, 9.17) is 4.42 Å². The Bertz CT molecular complexity index is 552. The SMILES string of the molecule is CN(CC1CCCN1)C(=O)c1cc2ccccc2o1. The average molecular weight is 258 g/mol. The number of amides is 1. The van der Waals surface area contributed by atoms with E-state index < -0.39 is 0 Å². The minimum Gasteiger partial charge on any atom is -0.451 e. The molecule has 4 nitrogen and oxygen atoms in total. The molecule has 100 valence electrons. The number of furan rings is 1. The molecule has 3 rings (SSSR count). The molecule has 1 amide bonds. The van der Waals surface area contributed by atoms with Gasteiger partial charge in [-0.05, 0) is 31.5 Å². The smallest absolute Gasteiger partial charge is 0.289 e. The number of likely N-dealkylation sites (N-methyl/N-ethyl adjacent to an activating group) is 1. The maximum absolute atomic E-state index is 12.3. The normalized spacial score (nSPS) is 18.9. The van der Waals surface area contributed by atoms with E-state index in [0.29, 0.717) is 11.8 Å². The average Bonchev–Trinajstić information content (AvgIpc) is 3.05. The van der Waals surface area contributed by atoms with Gasteiger partial charge in [0.15, 0.2) is 5.76 Å². The fourth-order valence-corrected chi connectivity index (χ4v) is 2.60. The largest absolute Gasteiger partial charge is 0.451 e. The summed E-state index contributed by atoms with van der Waals surface area (Å²) in [7, 11) is 1.83. The molecule has 19 heavy (non-hydrogen) atoms. The summed E-state index contributed by atoms with van der Waals surface area (Å²) >= 11 is 0. The molecule has 1 aliphatic rings. The molecule has 1 aliphatic heterocycles. The molecule has 1 unspecified atom stereocenters. The summed E-state index contributed by atoms with van der Waals surface area (Å²) in [5, 5.41) is 4.37. The molecular weight excluding hydrogens is 240 g/mol. The minimum absolute atomic E-state index is 0.0510. The zero-order chi connectivity index (χ0) is 13.2. The van der Waals surface area contributed by atoms with Crippen molar-refractivity contribution in [3.05, 3.63) is 36.1 Å². The van der Waals surface area contributed by atoms with E-state index in [1.54, 1.807) is 4.90 Å². The first-order chi connectivity index (χ1) is 9.24. The number of hydrogen-bond donors (Lipinski definition) is 1. The van der Waals surface area contributed by atoms with Crippen LogP contribution >= 0.6 is 0 Å². The van der Waals surface area contributed by atoms with Crippen molar-refractivity contribution in [2.45, 2.75) is 18.9 Å². The van der Waals surface area contributed by atoms with Crippen molar-refractivity contribution in [2.24, 2.45) is 0 Å². The molecule has 1 atom stereocenters. The molecule has 0 saturated carbocycles. The molecule has 1 aromatic heterocycles. The second kappa shape index (κ2) is 5.05. The Morgan fingerprint density at radius 1 is 1.47 bits per heavy atom. The summed E-state index contributed by atoms with van der Waals surface area (Å²) in [4.78, 5) is 14.0. The number of rotatable bonds is 3. The van der Waals surface area contributed by atoms with Gasteiger partial charge in [0, 0.05) is 25.0 Å². The van der Waals surface area contributed by atoms with Crippen molar-refractivity contribution in [1.29, 1.82) is 0 Å². The van der Waals surface area contributed by atoms with Crippen LogP contribution in [0.2, 0.25) is 0 Å². The number of fused-ring (bicyclic) bond motifs is 1. The first kappa shape index (κ1) is 12.2. The summed E-state index contributed by atoms with van der Waals surface area (Å²) < 4.78 is 5.60. The molecule has 4 heteroatoms. The van der Waals surface area contributed by atoms with E-state index in [1.807, 2.05) is 37.4 Å². The van der Waals surface area contributed by atoms with Gasteiger partial charge in [0.05, 0.1) is 0 Å². The van der Waals surface area contributed by atoms with Crippen molar-refractivity contribution in [3.8, 4) is 0 Å². The number of carbonyl (C=O) groups excluding carboxylic acids is 1. The number of hydrogen-bond acceptors (Lipinski definition) is 3. The van der Waals surface area contributed by atoms with Gasteiger partial charge in [-0.25, -0.2) is 0 Å². The van der Waals surface area contributed by atoms with Crippen molar-refractivity contribution < 1.29 is 9.21 Å². The number of benzene rings is 1. The molecule has 0 radical (unpaired) electrons. The van der Waals surface area contributed by atoms with Crippen LogP contribution in [0.15, 0.2) is 34.7 Å². The van der Waals surface area contributed by atoms with Crippen LogP contribution in [0, 0.1) is 0 Å². The summed E-state index contributed by atoms with van der Waals surface area (Å²) in [6.45, 7) is 1.78. The lowest BCUT2D eigenvalue weighted by molar-refractivity contribution is 0.0754. The summed E-state index contributed by atoms with van der Waals surface area (Å²) in [6, 6.07) is 9.91. The highest BCUT2D eigenvalue weighted by Crippen LogP contribution is 2.20. The Kier molecular flexibility index (Phi) is 3.25. The van der Waals surface area contributed by atoms with Gasteiger partial charge in [-0.2, -0.15) is 0 Å². The topological polar surface area (TPSA) is 45.5 Å². The zero-order valence-corrected chi connectivity index (χ0v) is 11.1. The lowest BCUT2D eigenvalue weighted by Crippen LogP contribution is -2.38. The van der Waals surface area contributed by atoms with Gasteiger partial charge in [0.1, 0.15) is 5.58 Å². The van der Waals surface area contributed by atoms with Crippen LogP contribution in [0.25, 0.3) is 11.0 Å². The Hall–Kier alpha value is -1.81. The summed E-state index contributed by atoms with van der Waals surface area (Å²) in [5.41, 5.74) is 0.762.